The molecule has 0 amide bonds. The number of ether oxygens (including phenoxy) is 1. The molecule has 0 aliphatic rings. The van der Waals surface area contributed by atoms with Gasteiger partial charge >= 0.3 is 5.69 Å². The first-order chi connectivity index (χ1) is 12.2. The van der Waals surface area contributed by atoms with Crippen LogP contribution in [0.1, 0.15) is 5.69 Å². The van der Waals surface area contributed by atoms with Gasteiger partial charge in [0.05, 0.1) is 24.9 Å². The molecule has 0 N–H and O–H groups in total. The number of methoxy groups -OCH3 is 1. The highest BCUT2D eigenvalue weighted by Crippen LogP contribution is 2.34. The lowest BCUT2D eigenvalue weighted by Gasteiger charge is -2.06. The van der Waals surface area contributed by atoms with E-state index >= 15 is 0 Å². The molecule has 0 saturated carbocycles. The zero-order valence-electron chi connectivity index (χ0n) is 13.2. The van der Waals surface area contributed by atoms with Gasteiger partial charge in [-0.2, -0.15) is 0 Å². The van der Waals surface area contributed by atoms with Gasteiger partial charge in [-0.1, -0.05) is 22.0 Å². The minimum Gasteiger partial charge on any atom is -0.496 e. The molecule has 3 aromatic heterocycles. The molecule has 4 rings (SSSR count). The number of thiazole rings is 1. The van der Waals surface area contributed by atoms with E-state index in [4.69, 9.17) is 4.74 Å². The molecule has 25 heavy (non-hydrogen) atoms. The smallest absolute Gasteiger partial charge is 0.350 e. The summed E-state index contributed by atoms with van der Waals surface area (Å²) in [5, 5.41) is 7.11. The van der Waals surface area contributed by atoms with Gasteiger partial charge in [0.1, 0.15) is 10.8 Å². The van der Waals surface area contributed by atoms with Crippen molar-refractivity contribution >= 4 is 32.9 Å². The Morgan fingerprint density at radius 2 is 2.16 bits per heavy atom. The van der Waals surface area contributed by atoms with Gasteiger partial charge in [-0.3, -0.25) is 4.40 Å². The highest BCUT2D eigenvalue weighted by molar-refractivity contribution is 9.10. The Kier molecular flexibility index (Phi) is 4.14. The number of hydrogen-bond donors (Lipinski definition) is 0. The van der Waals surface area contributed by atoms with Gasteiger partial charge in [-0.25, -0.2) is 14.5 Å². The van der Waals surface area contributed by atoms with Crippen molar-refractivity contribution in [1.82, 2.24) is 19.2 Å². The van der Waals surface area contributed by atoms with Crippen molar-refractivity contribution < 1.29 is 4.74 Å². The fourth-order valence-corrected chi connectivity index (χ4v) is 3.77. The van der Waals surface area contributed by atoms with Crippen LogP contribution >= 0.6 is 27.3 Å². The summed E-state index contributed by atoms with van der Waals surface area (Å²) in [7, 11) is 1.64. The third-order valence-corrected chi connectivity index (χ3v) is 5.16. The molecule has 0 aliphatic heterocycles. The fraction of sp³-hybridized carbons (Fsp3) is 0.118. The van der Waals surface area contributed by atoms with Gasteiger partial charge in [0, 0.05) is 16.0 Å². The first kappa shape index (κ1) is 16.0. The molecule has 0 spiro atoms. The zero-order chi connectivity index (χ0) is 17.4. The van der Waals surface area contributed by atoms with Crippen molar-refractivity contribution in [3.05, 3.63) is 68.6 Å². The van der Waals surface area contributed by atoms with Crippen molar-refractivity contribution in [3.63, 3.8) is 0 Å². The second kappa shape index (κ2) is 6.45. The van der Waals surface area contributed by atoms with Crippen LogP contribution in [0.3, 0.4) is 0 Å². The molecule has 8 heteroatoms. The summed E-state index contributed by atoms with van der Waals surface area (Å²) >= 11 is 4.99. The van der Waals surface area contributed by atoms with Crippen molar-refractivity contribution in [2.75, 3.05) is 7.11 Å². The number of aromatic nitrogens is 4. The largest absolute Gasteiger partial charge is 0.496 e. The molecule has 126 valence electrons. The quantitative estimate of drug-likeness (QED) is 0.511. The van der Waals surface area contributed by atoms with Crippen molar-refractivity contribution in [2.24, 2.45) is 0 Å². The third-order valence-electron chi connectivity index (χ3n) is 3.74. The standard InChI is InChI=1S/C17H13BrN4O2S/c1-24-14-6-5-11(18)8-13(14)16-19-12(10-25-16)9-22-17(23)21-7-3-2-4-15(21)20-22/h2-8,10H,9H2,1H3. The molecule has 6 nitrogen and oxygen atoms in total. The van der Waals surface area contributed by atoms with Crippen LogP contribution in [-0.4, -0.2) is 26.3 Å². The predicted molar refractivity (Wildman–Crippen MR) is 100 cm³/mol. The van der Waals surface area contributed by atoms with Gasteiger partial charge < -0.3 is 4.74 Å². The van der Waals surface area contributed by atoms with E-state index < -0.39 is 0 Å². The molecule has 4 aromatic rings. The average Bonchev–Trinajstić information content (AvgIpc) is 3.21. The van der Waals surface area contributed by atoms with Crippen molar-refractivity contribution in [3.8, 4) is 16.3 Å². The highest BCUT2D eigenvalue weighted by atomic mass is 79.9. The first-order valence-electron chi connectivity index (χ1n) is 7.48. The molecular weight excluding hydrogens is 404 g/mol. The molecule has 1 aromatic carbocycles. The lowest BCUT2D eigenvalue weighted by molar-refractivity contribution is 0.416. The number of halogens is 1. The fourth-order valence-electron chi connectivity index (χ4n) is 2.58. The maximum atomic E-state index is 12.4. The summed E-state index contributed by atoms with van der Waals surface area (Å²) < 4.78 is 9.31. The molecule has 0 radical (unpaired) electrons. The number of fused-ring (bicyclic) bond motifs is 1. The van der Waals surface area contributed by atoms with E-state index in [2.05, 4.69) is 26.0 Å². The van der Waals surface area contributed by atoms with Crippen LogP contribution in [0.15, 0.2) is 57.2 Å². The van der Waals surface area contributed by atoms with Crippen molar-refractivity contribution in [1.29, 1.82) is 0 Å². The Hall–Kier alpha value is -2.45. The van der Waals surface area contributed by atoms with Crippen molar-refractivity contribution in [2.45, 2.75) is 6.54 Å². The number of pyridine rings is 1. The summed E-state index contributed by atoms with van der Waals surface area (Å²) in [6, 6.07) is 11.3. The third kappa shape index (κ3) is 2.98. The molecule has 0 bridgehead atoms. The highest BCUT2D eigenvalue weighted by Gasteiger charge is 2.13. The van der Waals surface area contributed by atoms with E-state index in [0.29, 0.717) is 12.2 Å². The summed E-state index contributed by atoms with van der Waals surface area (Å²) in [6.07, 6.45) is 1.71. The molecule has 0 aliphatic carbocycles. The topological polar surface area (TPSA) is 61.4 Å². The van der Waals surface area contributed by atoms with Gasteiger partial charge in [-0.05, 0) is 30.3 Å². The van der Waals surface area contributed by atoms with Crippen LogP contribution < -0.4 is 10.4 Å². The second-order valence-corrected chi connectivity index (χ2v) is 7.13. The Morgan fingerprint density at radius 1 is 1.28 bits per heavy atom. The summed E-state index contributed by atoms with van der Waals surface area (Å²) in [4.78, 5) is 17.0. The number of rotatable bonds is 4. The average molecular weight is 417 g/mol. The SMILES string of the molecule is COc1ccc(Br)cc1-c1nc(Cn2nc3ccccn3c2=O)cs1. The second-order valence-electron chi connectivity index (χ2n) is 5.36. The lowest BCUT2D eigenvalue weighted by atomic mass is 10.2. The molecule has 0 atom stereocenters. The molecule has 0 fully saturated rings. The van der Waals surface area contributed by atoms with E-state index in [1.54, 1.807) is 25.4 Å². The molecular formula is C17H13BrN4O2S. The van der Waals surface area contributed by atoms with Crippen LogP contribution in [0.25, 0.3) is 16.2 Å². The Morgan fingerprint density at radius 3 is 2.96 bits per heavy atom. The maximum absolute atomic E-state index is 12.4. The van der Waals surface area contributed by atoms with Gasteiger partial charge in [-0.15, -0.1) is 16.4 Å². The van der Waals surface area contributed by atoms with Crippen LogP contribution in [0, 0.1) is 0 Å². The molecule has 0 unspecified atom stereocenters. The first-order valence-corrected chi connectivity index (χ1v) is 9.15. The Bertz CT molecular complexity index is 1120. The van der Waals surface area contributed by atoms with Gasteiger partial charge in [0.15, 0.2) is 5.65 Å². The number of hydrogen-bond acceptors (Lipinski definition) is 5. The van der Waals surface area contributed by atoms with E-state index in [1.807, 2.05) is 29.6 Å². The molecule has 0 saturated heterocycles. The van der Waals surface area contributed by atoms with Gasteiger partial charge in [0.2, 0.25) is 0 Å². The lowest BCUT2D eigenvalue weighted by Crippen LogP contribution is -2.21. The molecule has 3 heterocycles. The van der Waals surface area contributed by atoms with E-state index in [0.717, 1.165) is 26.5 Å². The Labute approximate surface area is 155 Å². The van der Waals surface area contributed by atoms with Crippen LogP contribution in [0.2, 0.25) is 0 Å². The van der Waals surface area contributed by atoms with Crippen LogP contribution in [0.4, 0.5) is 0 Å². The van der Waals surface area contributed by atoms with Crippen LogP contribution in [-0.2, 0) is 6.54 Å². The Balaban J connectivity index is 1.69. The normalized spacial score (nSPS) is 11.1. The van der Waals surface area contributed by atoms with E-state index in [1.165, 1.54) is 20.4 Å². The summed E-state index contributed by atoms with van der Waals surface area (Å²) in [5.41, 5.74) is 2.14. The van der Waals surface area contributed by atoms with E-state index in [9.17, 15) is 4.79 Å². The monoisotopic (exact) mass is 416 g/mol. The minimum atomic E-state index is -0.176. The van der Waals surface area contributed by atoms with Gasteiger partial charge in [0.25, 0.3) is 0 Å². The zero-order valence-corrected chi connectivity index (χ0v) is 15.6. The van der Waals surface area contributed by atoms with Crippen LogP contribution in [0.5, 0.6) is 5.75 Å². The number of benzene rings is 1. The van der Waals surface area contributed by atoms with E-state index in [-0.39, 0.29) is 5.69 Å². The minimum absolute atomic E-state index is 0.176. The summed E-state index contributed by atoms with van der Waals surface area (Å²) in [6.45, 7) is 0.327. The predicted octanol–water partition coefficient (Wildman–Crippen LogP) is 3.44. The maximum Gasteiger partial charge on any atom is 0.350 e. The number of nitrogens with zero attached hydrogens (tertiary/aromatic N) is 4. The summed E-state index contributed by atoms with van der Waals surface area (Å²) in [5.74, 6) is 0.758.